The van der Waals surface area contributed by atoms with Crippen molar-refractivity contribution in [1.29, 1.82) is 0 Å². The van der Waals surface area contributed by atoms with Crippen LogP contribution in [0, 0.1) is 0 Å². The van der Waals surface area contributed by atoms with Crippen LogP contribution in [0.15, 0.2) is 24.3 Å². The molecule has 5 heteroatoms. The molecule has 1 atom stereocenters. The molecule has 0 fully saturated rings. The van der Waals surface area contributed by atoms with Crippen LogP contribution in [0.3, 0.4) is 0 Å². The highest BCUT2D eigenvalue weighted by atomic mass is 16.6. The Balaban J connectivity index is 2.82. The summed E-state index contributed by atoms with van der Waals surface area (Å²) in [7, 11) is 0. The summed E-state index contributed by atoms with van der Waals surface area (Å²) in [6, 6.07) is 6.31. The third kappa shape index (κ3) is 7.31. The van der Waals surface area contributed by atoms with Gasteiger partial charge in [-0.3, -0.25) is 0 Å². The first kappa shape index (κ1) is 18.3. The summed E-state index contributed by atoms with van der Waals surface area (Å²) >= 11 is 0. The first-order valence-electron chi connectivity index (χ1n) is 7.39. The number of aromatic hydroxyl groups is 1. The van der Waals surface area contributed by atoms with E-state index in [-0.39, 0.29) is 17.4 Å². The highest BCUT2D eigenvalue weighted by Gasteiger charge is 2.22. The summed E-state index contributed by atoms with van der Waals surface area (Å²) in [5.74, 6) is 0.177. The van der Waals surface area contributed by atoms with Crippen molar-refractivity contribution in [2.75, 3.05) is 6.61 Å². The van der Waals surface area contributed by atoms with Crippen LogP contribution in [0.5, 0.6) is 5.75 Å². The number of benzene rings is 1. The van der Waals surface area contributed by atoms with Gasteiger partial charge in [-0.15, -0.1) is 0 Å². The first-order valence-corrected chi connectivity index (χ1v) is 7.39. The topological polar surface area (TPSA) is 67.8 Å². The Morgan fingerprint density at radius 1 is 1.09 bits per heavy atom. The molecule has 0 saturated heterocycles. The highest BCUT2D eigenvalue weighted by Crippen LogP contribution is 2.20. The molecule has 5 nitrogen and oxygen atoms in total. The van der Waals surface area contributed by atoms with Gasteiger partial charge < -0.3 is 19.9 Å². The molecule has 0 saturated carbocycles. The number of phenolic OH excluding ortho intramolecular Hbond substituents is 1. The number of hydrogen-bond acceptors (Lipinski definition) is 4. The number of carbonyl (C=O) groups excluding carboxylic acids is 1. The summed E-state index contributed by atoms with van der Waals surface area (Å²) in [5.41, 5.74) is -0.0351. The first-order chi connectivity index (χ1) is 9.96. The Bertz CT molecular complexity index is 483. The van der Waals surface area contributed by atoms with Crippen LogP contribution < -0.4 is 5.32 Å². The molecule has 0 aliphatic carbocycles. The molecule has 0 spiro atoms. The van der Waals surface area contributed by atoms with Gasteiger partial charge in [-0.05, 0) is 59.2 Å². The second kappa shape index (κ2) is 7.01. The summed E-state index contributed by atoms with van der Waals surface area (Å²) in [5, 5.41) is 12.2. The molecule has 0 aromatic heterocycles. The molecule has 22 heavy (non-hydrogen) atoms. The van der Waals surface area contributed by atoms with Crippen molar-refractivity contribution in [3.63, 3.8) is 0 Å². The second-order valence-electron chi connectivity index (χ2n) is 7.21. The van der Waals surface area contributed by atoms with Gasteiger partial charge in [0.1, 0.15) is 11.4 Å². The fourth-order valence-electron chi connectivity index (χ4n) is 1.71. The molecular weight excluding hydrogens is 282 g/mol. The monoisotopic (exact) mass is 309 g/mol. The van der Waals surface area contributed by atoms with Crippen molar-refractivity contribution < 1.29 is 19.4 Å². The van der Waals surface area contributed by atoms with Crippen LogP contribution in [0.4, 0.5) is 4.79 Å². The number of amides is 1. The summed E-state index contributed by atoms with van der Waals surface area (Å²) in [4.78, 5) is 12.0. The maximum Gasteiger partial charge on any atom is 0.408 e. The van der Waals surface area contributed by atoms with E-state index in [0.29, 0.717) is 6.61 Å². The van der Waals surface area contributed by atoms with Gasteiger partial charge in [0.15, 0.2) is 0 Å². The van der Waals surface area contributed by atoms with Crippen molar-refractivity contribution >= 4 is 6.09 Å². The number of phenols is 1. The number of nitrogens with one attached hydrogen (secondary N) is 1. The molecule has 124 valence electrons. The van der Waals surface area contributed by atoms with E-state index in [9.17, 15) is 9.90 Å². The molecule has 1 aromatic carbocycles. The molecule has 1 amide bonds. The SMILES string of the molecule is CC(C)(C)OC[C@H](NC(=O)OC(C)(C)C)c1ccc(O)cc1. The van der Waals surface area contributed by atoms with E-state index in [1.807, 2.05) is 41.5 Å². The smallest absolute Gasteiger partial charge is 0.408 e. The molecular formula is C17H27NO4. The Morgan fingerprint density at radius 2 is 1.64 bits per heavy atom. The minimum atomic E-state index is -0.561. The molecule has 0 aliphatic rings. The van der Waals surface area contributed by atoms with Gasteiger partial charge in [0, 0.05) is 0 Å². The molecule has 1 aromatic rings. The Hall–Kier alpha value is -1.75. The largest absolute Gasteiger partial charge is 0.508 e. The minimum Gasteiger partial charge on any atom is -0.508 e. The highest BCUT2D eigenvalue weighted by molar-refractivity contribution is 5.68. The van der Waals surface area contributed by atoms with Crippen molar-refractivity contribution in [3.05, 3.63) is 29.8 Å². The number of alkyl carbamates (subject to hydrolysis) is 1. The lowest BCUT2D eigenvalue weighted by Crippen LogP contribution is -2.38. The van der Waals surface area contributed by atoms with Crippen LogP contribution in [0.25, 0.3) is 0 Å². The lowest BCUT2D eigenvalue weighted by atomic mass is 10.1. The van der Waals surface area contributed by atoms with E-state index >= 15 is 0 Å². The maximum atomic E-state index is 12.0. The fraction of sp³-hybridized carbons (Fsp3) is 0.588. The Kier molecular flexibility index (Phi) is 5.83. The van der Waals surface area contributed by atoms with E-state index < -0.39 is 11.7 Å². The van der Waals surface area contributed by atoms with Gasteiger partial charge in [0.25, 0.3) is 0 Å². The third-order valence-electron chi connectivity index (χ3n) is 2.67. The molecule has 2 N–H and O–H groups in total. The third-order valence-corrected chi connectivity index (χ3v) is 2.67. The van der Waals surface area contributed by atoms with Crippen LogP contribution in [-0.2, 0) is 9.47 Å². The second-order valence-corrected chi connectivity index (χ2v) is 7.21. The molecule has 0 aliphatic heterocycles. The van der Waals surface area contributed by atoms with E-state index in [1.165, 1.54) is 0 Å². The molecule has 0 unspecified atom stereocenters. The van der Waals surface area contributed by atoms with Crippen LogP contribution in [0.2, 0.25) is 0 Å². The average Bonchev–Trinajstić information content (AvgIpc) is 2.32. The van der Waals surface area contributed by atoms with Crippen LogP contribution in [-0.4, -0.2) is 29.0 Å². The van der Waals surface area contributed by atoms with Gasteiger partial charge in [-0.25, -0.2) is 4.79 Å². The maximum absolute atomic E-state index is 12.0. The molecule has 0 heterocycles. The Labute approximate surface area is 132 Å². The van der Waals surface area contributed by atoms with Gasteiger partial charge in [-0.1, -0.05) is 12.1 Å². The van der Waals surface area contributed by atoms with Crippen molar-refractivity contribution in [3.8, 4) is 5.75 Å². The molecule has 0 bridgehead atoms. The van der Waals surface area contributed by atoms with Crippen molar-refractivity contribution in [2.45, 2.75) is 58.8 Å². The lowest BCUT2D eigenvalue weighted by Gasteiger charge is -2.27. The van der Waals surface area contributed by atoms with Crippen LogP contribution >= 0.6 is 0 Å². The van der Waals surface area contributed by atoms with Gasteiger partial charge >= 0.3 is 6.09 Å². The zero-order chi connectivity index (χ0) is 17.0. The predicted octanol–water partition coefficient (Wildman–Crippen LogP) is 3.77. The van der Waals surface area contributed by atoms with Crippen molar-refractivity contribution in [1.82, 2.24) is 5.32 Å². The van der Waals surface area contributed by atoms with E-state index in [2.05, 4.69) is 5.32 Å². The average molecular weight is 309 g/mol. The summed E-state index contributed by atoms with van der Waals surface area (Å²) < 4.78 is 11.1. The quantitative estimate of drug-likeness (QED) is 0.888. The number of ether oxygens (including phenoxy) is 2. The van der Waals surface area contributed by atoms with E-state index in [1.54, 1.807) is 24.3 Å². The lowest BCUT2D eigenvalue weighted by molar-refractivity contribution is -0.0175. The van der Waals surface area contributed by atoms with Crippen molar-refractivity contribution in [2.24, 2.45) is 0 Å². The predicted molar refractivity (Wildman–Crippen MR) is 85.9 cm³/mol. The fourth-order valence-corrected chi connectivity index (χ4v) is 1.71. The van der Waals surface area contributed by atoms with E-state index in [4.69, 9.17) is 9.47 Å². The number of hydrogen-bond donors (Lipinski definition) is 2. The normalized spacial score (nSPS) is 13.5. The zero-order valence-electron chi connectivity index (χ0n) is 14.3. The van der Waals surface area contributed by atoms with E-state index in [0.717, 1.165) is 5.56 Å². The number of carbonyl (C=O) groups is 1. The molecule has 0 radical (unpaired) electrons. The summed E-state index contributed by atoms with van der Waals surface area (Å²) in [6.07, 6.45) is -0.497. The van der Waals surface area contributed by atoms with Gasteiger partial charge in [0.2, 0.25) is 0 Å². The zero-order valence-corrected chi connectivity index (χ0v) is 14.3. The summed E-state index contributed by atoms with van der Waals surface area (Å²) in [6.45, 7) is 11.6. The number of rotatable bonds is 4. The Morgan fingerprint density at radius 3 is 2.09 bits per heavy atom. The van der Waals surface area contributed by atoms with Gasteiger partial charge in [-0.2, -0.15) is 0 Å². The van der Waals surface area contributed by atoms with Gasteiger partial charge in [0.05, 0.1) is 18.2 Å². The minimum absolute atomic E-state index is 0.177. The standard InChI is InChI=1S/C17H27NO4/c1-16(2,3)21-11-14(12-7-9-13(19)10-8-12)18-15(20)22-17(4,5)6/h7-10,14,19H,11H2,1-6H3,(H,18,20)/t14-/m0/s1. The molecule has 1 rings (SSSR count). The van der Waals surface area contributed by atoms with Crippen LogP contribution in [0.1, 0.15) is 53.1 Å².